The van der Waals surface area contributed by atoms with E-state index < -0.39 is 0 Å². The number of fused-ring (bicyclic) bond motifs is 2. The summed E-state index contributed by atoms with van der Waals surface area (Å²) in [5, 5.41) is 5.52. The lowest BCUT2D eigenvalue weighted by atomic mass is 10.0. The minimum Gasteiger partial charge on any atom is -0.493 e. The van der Waals surface area contributed by atoms with Gasteiger partial charge >= 0.3 is 0 Å². The second-order valence-electron chi connectivity index (χ2n) is 15.0. The van der Waals surface area contributed by atoms with Crippen LogP contribution in [0.3, 0.4) is 0 Å². The number of rotatable bonds is 13. The first kappa shape index (κ1) is 38.4. The van der Waals surface area contributed by atoms with Crippen LogP contribution in [0.2, 0.25) is 0 Å². The zero-order chi connectivity index (χ0) is 39.6. The summed E-state index contributed by atoms with van der Waals surface area (Å²) in [6, 6.07) is 19.0. The maximum atomic E-state index is 13.8. The SMILES string of the molecule is C=Nc1cc(OCCCOc2cc3c(cc2OC)C(=O)N2C=C(c4ccc(NC(C)(C)C)cc4)C[C@H]2C=N3)c(OC)cc1C(=O)N1C=C(c2cccs2)C[C@H]1C. The van der Waals surface area contributed by atoms with E-state index in [1.807, 2.05) is 37.0 Å². The molecule has 11 nitrogen and oxygen atoms in total. The predicted molar refractivity (Wildman–Crippen MR) is 224 cm³/mol. The van der Waals surface area contributed by atoms with Crippen LogP contribution in [0.1, 0.15) is 78.1 Å². The van der Waals surface area contributed by atoms with Gasteiger partial charge in [-0.3, -0.25) is 19.6 Å². The number of aliphatic imine (C=N–C) groups is 2. The van der Waals surface area contributed by atoms with Crippen molar-refractivity contribution in [3.63, 3.8) is 0 Å². The number of carbonyl (C=O) groups is 2. The molecule has 7 rings (SSSR count). The van der Waals surface area contributed by atoms with E-state index in [1.54, 1.807) is 52.5 Å². The van der Waals surface area contributed by atoms with Crippen LogP contribution in [-0.4, -0.2) is 79.6 Å². The third-order valence-electron chi connectivity index (χ3n) is 9.83. The summed E-state index contributed by atoms with van der Waals surface area (Å²) in [6.45, 7) is 12.7. The normalized spacial score (nSPS) is 17.4. The molecule has 0 fully saturated rings. The average Bonchev–Trinajstić information content (AvgIpc) is 3.95. The van der Waals surface area contributed by atoms with Crippen LogP contribution in [0.25, 0.3) is 11.1 Å². The number of nitrogens with one attached hydrogen (secondary N) is 1. The van der Waals surface area contributed by atoms with E-state index in [-0.39, 0.29) is 29.4 Å². The fourth-order valence-electron chi connectivity index (χ4n) is 7.11. The van der Waals surface area contributed by atoms with Gasteiger partial charge in [-0.25, -0.2) is 0 Å². The molecule has 1 N–H and O–H groups in total. The highest BCUT2D eigenvalue weighted by Gasteiger charge is 2.34. The third-order valence-corrected chi connectivity index (χ3v) is 10.8. The molecule has 0 aliphatic carbocycles. The van der Waals surface area contributed by atoms with Crippen molar-refractivity contribution in [3.05, 3.63) is 100 Å². The number of methoxy groups -OCH3 is 2. The summed E-state index contributed by atoms with van der Waals surface area (Å²) in [5.41, 5.74) is 6.05. The summed E-state index contributed by atoms with van der Waals surface area (Å²) in [4.78, 5) is 41.1. The lowest BCUT2D eigenvalue weighted by Gasteiger charge is -2.22. The van der Waals surface area contributed by atoms with E-state index in [1.165, 1.54) is 7.11 Å². The molecule has 1 aromatic heterocycles. The number of benzene rings is 3. The Hall–Kier alpha value is -5.88. The number of thiophene rings is 1. The molecule has 0 unspecified atom stereocenters. The molecule has 3 aliphatic rings. The van der Waals surface area contributed by atoms with Crippen molar-refractivity contribution >= 4 is 64.3 Å². The number of hydrogen-bond donors (Lipinski definition) is 1. The van der Waals surface area contributed by atoms with Crippen LogP contribution < -0.4 is 24.3 Å². The third kappa shape index (κ3) is 8.06. The summed E-state index contributed by atoms with van der Waals surface area (Å²) < 4.78 is 23.5. The van der Waals surface area contributed by atoms with Crippen LogP contribution in [0, 0.1) is 0 Å². The summed E-state index contributed by atoms with van der Waals surface area (Å²) >= 11 is 1.66. The highest BCUT2D eigenvalue weighted by atomic mass is 32.1. The van der Waals surface area contributed by atoms with E-state index in [0.717, 1.165) is 33.7 Å². The average molecular weight is 774 g/mol. The second-order valence-corrected chi connectivity index (χ2v) is 16.0. The molecule has 56 heavy (non-hydrogen) atoms. The van der Waals surface area contributed by atoms with Crippen molar-refractivity contribution in [1.82, 2.24) is 9.80 Å². The molecule has 2 atom stereocenters. The molecule has 290 valence electrons. The van der Waals surface area contributed by atoms with Crippen molar-refractivity contribution in [2.24, 2.45) is 9.98 Å². The maximum Gasteiger partial charge on any atom is 0.260 e. The Balaban J connectivity index is 0.981. The number of ether oxygens (including phenoxy) is 4. The molecule has 0 spiro atoms. The first-order valence-electron chi connectivity index (χ1n) is 18.7. The van der Waals surface area contributed by atoms with E-state index in [0.29, 0.717) is 71.6 Å². The molecule has 0 bridgehead atoms. The minimum absolute atomic E-state index is 0.00169. The predicted octanol–water partition coefficient (Wildman–Crippen LogP) is 9.40. The Morgan fingerprint density at radius 1 is 0.946 bits per heavy atom. The highest BCUT2D eigenvalue weighted by Crippen LogP contribution is 2.41. The van der Waals surface area contributed by atoms with Crippen molar-refractivity contribution < 1.29 is 28.5 Å². The molecule has 12 heteroatoms. The zero-order valence-electron chi connectivity index (χ0n) is 32.6. The van der Waals surface area contributed by atoms with Crippen LogP contribution >= 0.6 is 11.3 Å². The molecule has 4 heterocycles. The van der Waals surface area contributed by atoms with E-state index >= 15 is 0 Å². The van der Waals surface area contributed by atoms with E-state index in [9.17, 15) is 9.59 Å². The standard InChI is InChI=1S/C44H47N5O6S/c1-27-18-30(41-10-8-17-56-41)26-48(27)42(50)33-20-37(52-6)39(22-35(33)45-5)54-15-9-16-55-40-23-36-34(21-38(40)53-7)43(51)49-25-29(19-32(49)24-46-36)28-11-13-31(14-12-28)47-44(2,3)4/h8,10-14,17,20-27,32,47H,5,9,15-16,18-19H2,1-4,6-7H3/t27-,32+/m1/s1. The van der Waals surface area contributed by atoms with Gasteiger partial charge in [0.25, 0.3) is 11.8 Å². The van der Waals surface area contributed by atoms with Crippen molar-refractivity contribution in [1.29, 1.82) is 0 Å². The van der Waals surface area contributed by atoms with Gasteiger partial charge in [-0.1, -0.05) is 18.2 Å². The summed E-state index contributed by atoms with van der Waals surface area (Å²) in [5.74, 6) is 1.45. The van der Waals surface area contributed by atoms with Crippen LogP contribution in [0.4, 0.5) is 17.1 Å². The number of hydrogen-bond acceptors (Lipinski definition) is 10. The number of nitrogens with zero attached hydrogens (tertiary/aromatic N) is 4. The molecule has 0 saturated carbocycles. The summed E-state index contributed by atoms with van der Waals surface area (Å²) in [7, 11) is 3.09. The minimum atomic E-state index is -0.198. The monoisotopic (exact) mass is 773 g/mol. The van der Waals surface area contributed by atoms with Gasteiger partial charge in [0.05, 0.1) is 56.0 Å². The number of carbonyl (C=O) groups excluding carboxylic acids is 2. The fourth-order valence-corrected chi connectivity index (χ4v) is 7.85. The molecule has 2 amide bonds. The summed E-state index contributed by atoms with van der Waals surface area (Å²) in [6.07, 6.45) is 7.64. The molecule has 3 aromatic carbocycles. The van der Waals surface area contributed by atoms with Gasteiger partial charge in [-0.15, -0.1) is 11.3 Å². The molecular weight excluding hydrogens is 727 g/mol. The first-order valence-corrected chi connectivity index (χ1v) is 19.5. The lowest BCUT2D eigenvalue weighted by Crippen LogP contribution is -2.32. The van der Waals surface area contributed by atoms with Gasteiger partial charge in [0, 0.05) is 65.7 Å². The quantitative estimate of drug-likeness (QED) is 0.106. The first-order chi connectivity index (χ1) is 27.0. The second kappa shape index (κ2) is 16.1. The van der Waals surface area contributed by atoms with Crippen molar-refractivity contribution in [2.75, 3.05) is 32.8 Å². The smallest absolute Gasteiger partial charge is 0.260 e. The largest absolute Gasteiger partial charge is 0.493 e. The van der Waals surface area contributed by atoms with Gasteiger partial charge < -0.3 is 34.1 Å². The molecule has 3 aliphatic heterocycles. The molecular formula is C44H47N5O6S. The van der Waals surface area contributed by atoms with Gasteiger partial charge in [0.1, 0.15) is 0 Å². The van der Waals surface area contributed by atoms with Crippen molar-refractivity contribution in [2.45, 2.75) is 64.6 Å². The Labute approximate surface area is 332 Å². The van der Waals surface area contributed by atoms with Gasteiger partial charge in [-0.2, -0.15) is 0 Å². The topological polar surface area (TPSA) is 114 Å². The Kier molecular flexibility index (Phi) is 11.0. The number of anilines is 1. The number of amides is 2. The Bertz CT molecular complexity index is 2220. The van der Waals surface area contributed by atoms with E-state index in [2.05, 4.69) is 68.1 Å². The van der Waals surface area contributed by atoms with Crippen LogP contribution in [-0.2, 0) is 0 Å². The van der Waals surface area contributed by atoms with Crippen LogP contribution in [0.15, 0.2) is 88.4 Å². The maximum absolute atomic E-state index is 13.8. The van der Waals surface area contributed by atoms with Crippen LogP contribution in [0.5, 0.6) is 23.0 Å². The van der Waals surface area contributed by atoms with Crippen molar-refractivity contribution in [3.8, 4) is 23.0 Å². The molecule has 0 saturated heterocycles. The van der Waals surface area contributed by atoms with Gasteiger partial charge in [0.15, 0.2) is 23.0 Å². The fraction of sp³-hybridized carbons (Fsp3) is 0.318. The lowest BCUT2D eigenvalue weighted by molar-refractivity contribution is 0.0792. The Morgan fingerprint density at radius 3 is 2.32 bits per heavy atom. The Morgan fingerprint density at radius 2 is 1.66 bits per heavy atom. The molecule has 4 aromatic rings. The van der Waals surface area contributed by atoms with Gasteiger partial charge in [-0.05, 0) is 93.3 Å². The van der Waals surface area contributed by atoms with E-state index in [4.69, 9.17) is 23.9 Å². The zero-order valence-corrected chi connectivity index (χ0v) is 33.4. The highest BCUT2D eigenvalue weighted by molar-refractivity contribution is 7.11. The van der Waals surface area contributed by atoms with Gasteiger partial charge in [0.2, 0.25) is 0 Å². The molecule has 0 radical (unpaired) electrons.